The minimum Gasteiger partial charge on any atom is -0.423 e. The minimum atomic E-state index is -1.53. The number of Topliss-reactive ketones (excluding diaryl/α,β-unsaturated/α-hetero) is 1. The summed E-state index contributed by atoms with van der Waals surface area (Å²) >= 11 is 9.13. The van der Waals surface area contributed by atoms with E-state index in [9.17, 15) is 9.59 Å². The second kappa shape index (κ2) is 19.7. The van der Waals surface area contributed by atoms with E-state index < -0.39 is 7.12 Å². The van der Waals surface area contributed by atoms with Crippen molar-refractivity contribution in [1.82, 2.24) is 35.2 Å². The van der Waals surface area contributed by atoms with Crippen LogP contribution in [0.2, 0.25) is 5.02 Å². The normalized spacial score (nSPS) is 13.0. The molecule has 0 saturated carbocycles. The highest BCUT2D eigenvalue weighted by Crippen LogP contribution is 2.32. The fraction of sp³-hybridized carbons (Fsp3) is 0.277. The molecule has 0 aliphatic heterocycles. The van der Waals surface area contributed by atoms with Crippen LogP contribution in [0.1, 0.15) is 94.8 Å². The Kier molecular flexibility index (Phi) is 13.7. The van der Waals surface area contributed by atoms with Crippen molar-refractivity contribution in [2.75, 3.05) is 0 Å². The number of hydrogen-bond donors (Lipinski definition) is 5. The van der Waals surface area contributed by atoms with Gasteiger partial charge in [-0.15, -0.1) is 22.7 Å². The summed E-state index contributed by atoms with van der Waals surface area (Å²) in [6.07, 6.45) is 21.1. The Morgan fingerprint density at radius 2 is 1.35 bits per heavy atom. The lowest BCUT2D eigenvalue weighted by Gasteiger charge is -2.08. The number of fused-ring (bicyclic) bond motifs is 4. The molecule has 0 fully saturated rings. The number of pyridine rings is 4. The Labute approximate surface area is 373 Å². The standard InChI is InChI=1S/C24H23N3OS.C16H19BN2O3S.C7H5ClN2/c1-15-12-17(18-8-10-25-24-19(18)9-11-26-24)14-27-20(15)6-7-21(28)23-13-16-4-2-3-5-22(16)29-23;1-10-6-12(17(21)22)8-18-13(10)9-19-16(20)15-7-11-4-2-3-5-14(11)23-15;8-6-2-4-10-7-5(6)1-3-9-7/h8-14H,2-7H2,1H3,(H,25,26);6-8,21-22H,2-5,9H2,1H3,(H,19,20);1-4H,(H,9,10). The summed E-state index contributed by atoms with van der Waals surface area (Å²) in [5, 5.41) is 24.0. The van der Waals surface area contributed by atoms with E-state index in [1.165, 1.54) is 52.8 Å². The third kappa shape index (κ3) is 10.1. The van der Waals surface area contributed by atoms with Gasteiger partial charge in [-0.05, 0) is 142 Å². The summed E-state index contributed by atoms with van der Waals surface area (Å²) in [4.78, 5) is 52.9. The van der Waals surface area contributed by atoms with Gasteiger partial charge in [-0.2, -0.15) is 0 Å². The van der Waals surface area contributed by atoms with Crippen molar-refractivity contribution >= 4 is 80.6 Å². The van der Waals surface area contributed by atoms with Crippen molar-refractivity contribution in [2.45, 2.75) is 84.6 Å². The van der Waals surface area contributed by atoms with Crippen LogP contribution in [0.3, 0.4) is 0 Å². The fourth-order valence-electron chi connectivity index (χ4n) is 7.94. The van der Waals surface area contributed by atoms with E-state index >= 15 is 0 Å². The first-order chi connectivity index (χ1) is 30.1. The number of ketones is 1. The van der Waals surface area contributed by atoms with Gasteiger partial charge in [-0.3, -0.25) is 19.6 Å². The lowest BCUT2D eigenvalue weighted by Crippen LogP contribution is -2.31. The van der Waals surface area contributed by atoms with Gasteiger partial charge in [0.05, 0.1) is 27.0 Å². The smallest absolute Gasteiger partial charge is 0.423 e. The van der Waals surface area contributed by atoms with Gasteiger partial charge in [0.15, 0.2) is 5.78 Å². The monoisotopic (exact) mass is 883 g/mol. The van der Waals surface area contributed by atoms with Gasteiger partial charge in [0.1, 0.15) is 11.3 Å². The summed E-state index contributed by atoms with van der Waals surface area (Å²) < 4.78 is 0. The Hall–Kier alpha value is -5.51. The number of rotatable bonds is 9. The van der Waals surface area contributed by atoms with E-state index in [4.69, 9.17) is 26.6 Å². The highest BCUT2D eigenvalue weighted by atomic mass is 35.5. The molecule has 0 unspecified atom stereocenters. The maximum Gasteiger partial charge on any atom is 0.490 e. The van der Waals surface area contributed by atoms with E-state index in [1.807, 2.05) is 56.0 Å². The molecule has 5 N–H and O–H groups in total. The van der Waals surface area contributed by atoms with Crippen LogP contribution in [-0.4, -0.2) is 58.8 Å². The van der Waals surface area contributed by atoms with Crippen LogP contribution in [0.15, 0.2) is 85.7 Å². The predicted octanol–water partition coefficient (Wildman–Crippen LogP) is 8.85. The van der Waals surface area contributed by atoms with E-state index in [2.05, 4.69) is 49.3 Å². The zero-order valence-electron chi connectivity index (χ0n) is 34.6. The molecule has 316 valence electrons. The van der Waals surface area contributed by atoms with Crippen molar-refractivity contribution in [3.8, 4) is 11.1 Å². The number of carbonyl (C=O) groups excluding carboxylic acids is 2. The molecule has 0 atom stereocenters. The molecule has 15 heteroatoms. The molecule has 0 bridgehead atoms. The molecule has 8 heterocycles. The van der Waals surface area contributed by atoms with Crippen molar-refractivity contribution < 1.29 is 19.6 Å². The summed E-state index contributed by atoms with van der Waals surface area (Å²) in [6.45, 7) is 4.24. The number of nitrogens with zero attached hydrogens (tertiary/aromatic N) is 4. The zero-order chi connectivity index (χ0) is 43.2. The Morgan fingerprint density at radius 1 is 0.742 bits per heavy atom. The average Bonchev–Trinajstić information content (AvgIpc) is 4.12. The molecule has 0 radical (unpaired) electrons. The van der Waals surface area contributed by atoms with Crippen molar-refractivity contribution in [2.24, 2.45) is 0 Å². The lowest BCUT2D eigenvalue weighted by atomic mass is 9.81. The van der Waals surface area contributed by atoms with E-state index in [0.717, 1.165) is 96.2 Å². The van der Waals surface area contributed by atoms with Crippen LogP contribution < -0.4 is 10.8 Å². The Balaban J connectivity index is 0.000000142. The van der Waals surface area contributed by atoms with Crippen LogP contribution in [0.5, 0.6) is 0 Å². The van der Waals surface area contributed by atoms with Crippen LogP contribution >= 0.6 is 34.3 Å². The molecule has 8 aromatic heterocycles. The topological polar surface area (TPSA) is 170 Å². The number of aromatic amines is 2. The molecule has 8 aromatic rings. The first-order valence-corrected chi connectivity index (χ1v) is 22.9. The molecule has 0 saturated heterocycles. The fourth-order valence-corrected chi connectivity index (χ4v) is 10.5. The first kappa shape index (κ1) is 43.2. The van der Waals surface area contributed by atoms with Crippen LogP contribution in [0.25, 0.3) is 33.2 Å². The Bertz CT molecular complexity index is 2820. The summed E-state index contributed by atoms with van der Waals surface area (Å²) in [5.41, 5.74) is 10.7. The second-order valence-corrected chi connectivity index (χ2v) is 18.3. The highest BCUT2D eigenvalue weighted by molar-refractivity contribution is 7.14. The summed E-state index contributed by atoms with van der Waals surface area (Å²) in [5.74, 6) is 0.176. The molecule has 2 aliphatic rings. The zero-order valence-corrected chi connectivity index (χ0v) is 37.0. The average molecular weight is 884 g/mol. The van der Waals surface area contributed by atoms with Crippen LogP contribution in [0, 0.1) is 13.8 Å². The molecule has 62 heavy (non-hydrogen) atoms. The number of halogens is 1. The van der Waals surface area contributed by atoms with Crippen LogP contribution in [-0.2, 0) is 38.6 Å². The number of aromatic nitrogens is 6. The number of thiophene rings is 2. The van der Waals surface area contributed by atoms with Gasteiger partial charge in [0.2, 0.25) is 0 Å². The molecule has 1 amide bonds. The molecule has 11 nitrogen and oxygen atoms in total. The molecule has 0 aromatic carbocycles. The SMILES string of the molecule is Cc1cc(-c2ccnc3[nH]ccc23)cnc1CCC(=O)c1cc2c(s1)CCCC2.Cc1cc(B(O)O)cnc1CNC(=O)c1cc2c(s1)CCCC2.Clc1ccnc2[nH]ccc12. The lowest BCUT2D eigenvalue weighted by molar-refractivity contribution is 0.0952. The molecule has 0 spiro atoms. The molecule has 10 rings (SSSR count). The van der Waals surface area contributed by atoms with Gasteiger partial charge >= 0.3 is 7.12 Å². The van der Waals surface area contributed by atoms with Gasteiger partial charge in [0.25, 0.3) is 5.91 Å². The first-order valence-electron chi connectivity index (χ1n) is 20.9. The second-order valence-electron chi connectivity index (χ2n) is 15.7. The Morgan fingerprint density at radius 3 is 2.02 bits per heavy atom. The van der Waals surface area contributed by atoms with Crippen molar-refractivity contribution in [1.29, 1.82) is 0 Å². The third-order valence-electron chi connectivity index (χ3n) is 11.4. The molecular weight excluding hydrogens is 837 g/mol. The minimum absolute atomic E-state index is 0.0723. The maximum absolute atomic E-state index is 12.7. The number of H-pyrrole nitrogens is 2. The summed E-state index contributed by atoms with van der Waals surface area (Å²) in [7, 11) is -1.53. The summed E-state index contributed by atoms with van der Waals surface area (Å²) in [6, 6.07) is 15.7. The highest BCUT2D eigenvalue weighted by Gasteiger charge is 2.20. The number of hydrogen-bond acceptors (Lipinski definition) is 10. The molecule has 2 aliphatic carbocycles. The molecular formula is C47H47BClN7O4S2. The van der Waals surface area contributed by atoms with Crippen molar-refractivity contribution in [3.63, 3.8) is 0 Å². The predicted molar refractivity (Wildman–Crippen MR) is 250 cm³/mol. The van der Waals surface area contributed by atoms with E-state index in [0.29, 0.717) is 24.8 Å². The van der Waals surface area contributed by atoms with Gasteiger partial charge in [-0.1, -0.05) is 17.7 Å². The van der Waals surface area contributed by atoms with Gasteiger partial charge in [-0.25, -0.2) is 9.97 Å². The van der Waals surface area contributed by atoms with E-state index in [1.54, 1.807) is 41.0 Å². The van der Waals surface area contributed by atoms with Gasteiger partial charge in [0, 0.05) is 80.8 Å². The van der Waals surface area contributed by atoms with Gasteiger partial charge < -0.3 is 25.3 Å². The number of aryl methyl sites for hydroxylation is 7. The quantitative estimate of drug-likeness (QED) is 0.0708. The van der Waals surface area contributed by atoms with Crippen LogP contribution in [0.4, 0.5) is 0 Å². The van der Waals surface area contributed by atoms with E-state index in [-0.39, 0.29) is 11.7 Å². The number of nitrogens with one attached hydrogen (secondary N) is 3. The third-order valence-corrected chi connectivity index (χ3v) is 14.2. The number of carbonyl (C=O) groups is 2. The largest absolute Gasteiger partial charge is 0.490 e. The van der Waals surface area contributed by atoms with Crippen molar-refractivity contribution in [3.05, 3.63) is 144 Å². The maximum atomic E-state index is 12.7. The number of amides is 1.